The highest BCUT2D eigenvalue weighted by molar-refractivity contribution is 5.96. The van der Waals surface area contributed by atoms with Gasteiger partial charge in [0.15, 0.2) is 6.61 Å². The van der Waals surface area contributed by atoms with Crippen LogP contribution in [-0.2, 0) is 18.4 Å². The molecule has 0 radical (unpaired) electrons. The second kappa shape index (κ2) is 8.19. The first-order chi connectivity index (χ1) is 15.1. The van der Waals surface area contributed by atoms with Gasteiger partial charge >= 0.3 is 0 Å². The predicted octanol–water partition coefficient (Wildman–Crippen LogP) is 4.38. The van der Waals surface area contributed by atoms with E-state index in [0.29, 0.717) is 11.4 Å². The van der Waals surface area contributed by atoms with Gasteiger partial charge < -0.3 is 14.6 Å². The van der Waals surface area contributed by atoms with Gasteiger partial charge in [-0.2, -0.15) is 0 Å². The maximum Gasteiger partial charge on any atom is 0.262 e. The molecule has 160 valence electrons. The number of ether oxygens (including phenoxy) is 1. The van der Waals surface area contributed by atoms with Crippen molar-refractivity contribution in [1.29, 1.82) is 0 Å². The highest BCUT2D eigenvalue weighted by atomic mass is 16.5. The van der Waals surface area contributed by atoms with Crippen LogP contribution >= 0.6 is 0 Å². The van der Waals surface area contributed by atoms with Crippen LogP contribution in [0, 0.1) is 6.92 Å². The van der Waals surface area contributed by atoms with Gasteiger partial charge in [-0.15, -0.1) is 0 Å². The van der Waals surface area contributed by atoms with E-state index < -0.39 is 0 Å². The number of likely N-dealkylation sites (tertiary alicyclic amines) is 1. The van der Waals surface area contributed by atoms with E-state index in [1.54, 1.807) is 0 Å². The molecule has 2 aliphatic heterocycles. The van der Waals surface area contributed by atoms with E-state index in [4.69, 9.17) is 9.72 Å². The Hall–Kier alpha value is -3.12. The largest absolute Gasteiger partial charge is 0.482 e. The lowest BCUT2D eigenvalue weighted by molar-refractivity contribution is -0.118. The number of nitrogens with zero attached hydrogens (tertiary/aromatic N) is 3. The minimum Gasteiger partial charge on any atom is -0.482 e. The third-order valence-corrected chi connectivity index (χ3v) is 6.24. The molecule has 3 heterocycles. The fraction of sp³-hybridized carbons (Fsp3) is 0.360. The van der Waals surface area contributed by atoms with Crippen LogP contribution in [0.4, 0.5) is 5.69 Å². The van der Waals surface area contributed by atoms with Crippen LogP contribution in [0.15, 0.2) is 42.7 Å². The number of rotatable bonds is 4. The molecule has 0 atom stereocenters. The molecule has 3 aromatic rings. The molecular weight excluding hydrogens is 388 g/mol. The average molecular weight is 417 g/mol. The number of fused-ring (bicyclic) bond motifs is 1. The van der Waals surface area contributed by atoms with Gasteiger partial charge in [-0.05, 0) is 62.2 Å². The van der Waals surface area contributed by atoms with Gasteiger partial charge in [0.2, 0.25) is 0 Å². The zero-order valence-corrected chi connectivity index (χ0v) is 18.1. The van der Waals surface area contributed by atoms with Crippen molar-refractivity contribution in [2.24, 2.45) is 7.05 Å². The molecular formula is C25H28N4O2. The Bertz CT molecular complexity index is 1130. The summed E-state index contributed by atoms with van der Waals surface area (Å²) in [4.78, 5) is 18.9. The number of nitrogens with one attached hydrogen (secondary N) is 1. The van der Waals surface area contributed by atoms with Gasteiger partial charge in [0.1, 0.15) is 5.75 Å². The molecule has 0 aliphatic carbocycles. The van der Waals surface area contributed by atoms with E-state index in [1.807, 2.05) is 31.6 Å². The maximum absolute atomic E-state index is 11.6. The molecule has 2 aliphatic rings. The van der Waals surface area contributed by atoms with Gasteiger partial charge in [0.25, 0.3) is 5.91 Å². The molecule has 0 bridgehead atoms. The smallest absolute Gasteiger partial charge is 0.262 e. The SMILES string of the molecule is Cc1ccc(CN2CCCCC2)cc1-c1ncn(C)c1-c1ccc2c(c1)OCC(=O)N2. The number of hydrogen-bond acceptors (Lipinski definition) is 4. The fourth-order valence-electron chi connectivity index (χ4n) is 4.59. The maximum atomic E-state index is 11.6. The summed E-state index contributed by atoms with van der Waals surface area (Å²) in [5.74, 6) is 0.572. The van der Waals surface area contributed by atoms with Crippen LogP contribution in [-0.4, -0.2) is 40.1 Å². The minimum absolute atomic E-state index is 0.0480. The van der Waals surface area contributed by atoms with Crippen LogP contribution < -0.4 is 10.1 Å². The Kier molecular flexibility index (Phi) is 5.24. The number of aryl methyl sites for hydroxylation is 2. The van der Waals surface area contributed by atoms with Crippen molar-refractivity contribution in [2.75, 3.05) is 25.0 Å². The number of hydrogen-bond donors (Lipinski definition) is 1. The lowest BCUT2D eigenvalue weighted by atomic mass is 9.97. The van der Waals surface area contributed by atoms with E-state index in [1.165, 1.54) is 43.5 Å². The topological polar surface area (TPSA) is 59.4 Å². The van der Waals surface area contributed by atoms with Crippen molar-refractivity contribution in [3.8, 4) is 28.3 Å². The zero-order chi connectivity index (χ0) is 21.4. The number of piperidine rings is 1. The number of imidazole rings is 1. The van der Waals surface area contributed by atoms with Crippen LogP contribution in [0.1, 0.15) is 30.4 Å². The van der Waals surface area contributed by atoms with Crippen molar-refractivity contribution >= 4 is 11.6 Å². The molecule has 1 amide bonds. The summed E-state index contributed by atoms with van der Waals surface area (Å²) in [5.41, 5.74) is 7.45. The van der Waals surface area contributed by atoms with Crippen LogP contribution in [0.5, 0.6) is 5.75 Å². The van der Waals surface area contributed by atoms with E-state index >= 15 is 0 Å². The van der Waals surface area contributed by atoms with E-state index in [-0.39, 0.29) is 12.5 Å². The molecule has 1 saturated heterocycles. The molecule has 0 spiro atoms. The normalized spacial score (nSPS) is 16.5. The van der Waals surface area contributed by atoms with E-state index in [2.05, 4.69) is 39.9 Å². The Morgan fingerprint density at radius 3 is 2.77 bits per heavy atom. The first kappa shape index (κ1) is 19.8. The summed E-state index contributed by atoms with van der Waals surface area (Å²) in [6.45, 7) is 5.55. The molecule has 0 unspecified atom stereocenters. The molecule has 2 aromatic carbocycles. The predicted molar refractivity (Wildman–Crippen MR) is 122 cm³/mol. The first-order valence-corrected chi connectivity index (χ1v) is 11.0. The summed E-state index contributed by atoms with van der Waals surface area (Å²) in [5, 5.41) is 2.86. The molecule has 31 heavy (non-hydrogen) atoms. The summed E-state index contributed by atoms with van der Waals surface area (Å²) in [6, 6.07) is 12.6. The average Bonchev–Trinajstić information content (AvgIpc) is 3.16. The van der Waals surface area contributed by atoms with Gasteiger partial charge in [0, 0.05) is 24.7 Å². The standard InChI is InChI=1S/C25H28N4O2/c1-17-6-7-18(14-29-10-4-3-5-11-29)12-20(17)24-25(28(2)16-26-24)19-8-9-21-22(13-19)31-15-23(30)27-21/h6-9,12-13,16H,3-5,10-11,14-15H2,1-2H3,(H,27,30). The van der Waals surface area contributed by atoms with Crippen LogP contribution in [0.3, 0.4) is 0 Å². The summed E-state index contributed by atoms with van der Waals surface area (Å²) in [7, 11) is 2.01. The number of aromatic nitrogens is 2. The third-order valence-electron chi connectivity index (χ3n) is 6.24. The molecule has 1 N–H and O–H groups in total. The van der Waals surface area contributed by atoms with Crippen molar-refractivity contribution < 1.29 is 9.53 Å². The molecule has 6 nitrogen and oxygen atoms in total. The van der Waals surface area contributed by atoms with Crippen molar-refractivity contribution in [2.45, 2.75) is 32.7 Å². The van der Waals surface area contributed by atoms with Gasteiger partial charge in [-0.1, -0.05) is 24.6 Å². The minimum atomic E-state index is -0.123. The quantitative estimate of drug-likeness (QED) is 0.686. The lowest BCUT2D eigenvalue weighted by Gasteiger charge is -2.26. The second-order valence-electron chi connectivity index (χ2n) is 8.59. The number of anilines is 1. The Balaban J connectivity index is 1.51. The lowest BCUT2D eigenvalue weighted by Crippen LogP contribution is -2.29. The summed E-state index contributed by atoms with van der Waals surface area (Å²) in [6.07, 6.45) is 5.80. The van der Waals surface area contributed by atoms with Crippen molar-refractivity contribution in [1.82, 2.24) is 14.5 Å². The van der Waals surface area contributed by atoms with Crippen LogP contribution in [0.25, 0.3) is 22.5 Å². The molecule has 6 heteroatoms. The van der Waals surface area contributed by atoms with E-state index in [0.717, 1.165) is 29.1 Å². The first-order valence-electron chi connectivity index (χ1n) is 11.0. The van der Waals surface area contributed by atoms with Crippen molar-refractivity contribution in [3.63, 3.8) is 0 Å². The number of carbonyl (C=O) groups is 1. The number of benzene rings is 2. The molecule has 1 aromatic heterocycles. The molecule has 5 rings (SSSR count). The molecule has 1 fully saturated rings. The third kappa shape index (κ3) is 3.95. The number of carbonyl (C=O) groups excluding carboxylic acids is 1. The Labute approximate surface area is 182 Å². The van der Waals surface area contributed by atoms with Gasteiger partial charge in [0.05, 0.1) is 23.4 Å². The van der Waals surface area contributed by atoms with Gasteiger partial charge in [-0.25, -0.2) is 4.98 Å². The fourth-order valence-corrected chi connectivity index (χ4v) is 4.59. The van der Waals surface area contributed by atoms with E-state index in [9.17, 15) is 4.79 Å². The highest BCUT2D eigenvalue weighted by Gasteiger charge is 2.20. The molecule has 0 saturated carbocycles. The summed E-state index contributed by atoms with van der Waals surface area (Å²) >= 11 is 0. The summed E-state index contributed by atoms with van der Waals surface area (Å²) < 4.78 is 7.69. The van der Waals surface area contributed by atoms with Crippen molar-refractivity contribution in [3.05, 3.63) is 53.9 Å². The van der Waals surface area contributed by atoms with Crippen LogP contribution in [0.2, 0.25) is 0 Å². The second-order valence-corrected chi connectivity index (χ2v) is 8.59. The monoisotopic (exact) mass is 416 g/mol. The zero-order valence-electron chi connectivity index (χ0n) is 18.1. The Morgan fingerprint density at radius 1 is 1.10 bits per heavy atom. The van der Waals surface area contributed by atoms with Gasteiger partial charge in [-0.3, -0.25) is 9.69 Å². The highest BCUT2D eigenvalue weighted by Crippen LogP contribution is 2.37. The number of amides is 1. The Morgan fingerprint density at radius 2 is 1.94 bits per heavy atom.